The molecule has 0 aliphatic rings. The Bertz CT molecular complexity index is 450. The maximum absolute atomic E-state index is 11.6. The van der Waals surface area contributed by atoms with Crippen molar-refractivity contribution in [1.82, 2.24) is 5.32 Å². The van der Waals surface area contributed by atoms with E-state index in [1.54, 1.807) is 24.3 Å². The predicted molar refractivity (Wildman–Crippen MR) is 69.7 cm³/mol. The minimum atomic E-state index is -0.897. The Balaban J connectivity index is 2.67. The van der Waals surface area contributed by atoms with Gasteiger partial charge < -0.3 is 15.7 Å². The zero-order valence-corrected chi connectivity index (χ0v) is 10.8. The summed E-state index contributed by atoms with van der Waals surface area (Å²) in [6, 6.07) is 6.48. The number of carboxylic acid groups (broad SMARTS) is 1. The SMILES string of the molecule is CC(C)(C)NC(=O)Nc1cccc(CC(=O)O)c1. The Kier molecular flexibility index (Phi) is 4.31. The number of hydrogen-bond donors (Lipinski definition) is 3. The molecule has 5 heteroatoms. The van der Waals surface area contributed by atoms with E-state index in [9.17, 15) is 9.59 Å². The first kappa shape index (κ1) is 14.0. The van der Waals surface area contributed by atoms with E-state index in [0.717, 1.165) is 0 Å². The largest absolute Gasteiger partial charge is 0.481 e. The number of benzene rings is 1. The minimum Gasteiger partial charge on any atom is -0.481 e. The van der Waals surface area contributed by atoms with E-state index < -0.39 is 5.97 Å². The molecule has 0 fully saturated rings. The van der Waals surface area contributed by atoms with Gasteiger partial charge in [-0.1, -0.05) is 12.1 Å². The van der Waals surface area contributed by atoms with E-state index in [2.05, 4.69) is 10.6 Å². The first-order valence-electron chi connectivity index (χ1n) is 5.66. The number of nitrogens with one attached hydrogen (secondary N) is 2. The van der Waals surface area contributed by atoms with Crippen molar-refractivity contribution in [2.75, 3.05) is 5.32 Å². The van der Waals surface area contributed by atoms with Crippen LogP contribution in [0.3, 0.4) is 0 Å². The number of carboxylic acids is 1. The summed E-state index contributed by atoms with van der Waals surface area (Å²) in [5.41, 5.74) is 0.912. The van der Waals surface area contributed by atoms with Gasteiger partial charge in [0.25, 0.3) is 0 Å². The van der Waals surface area contributed by atoms with Crippen LogP contribution in [0, 0.1) is 0 Å². The predicted octanol–water partition coefficient (Wildman–Crippen LogP) is 2.23. The van der Waals surface area contributed by atoms with Crippen LogP contribution >= 0.6 is 0 Å². The highest BCUT2D eigenvalue weighted by Crippen LogP contribution is 2.11. The molecule has 0 spiro atoms. The number of carbonyl (C=O) groups is 2. The Hall–Kier alpha value is -2.04. The van der Waals surface area contributed by atoms with Gasteiger partial charge in [-0.3, -0.25) is 4.79 Å². The van der Waals surface area contributed by atoms with Gasteiger partial charge in [0.2, 0.25) is 0 Å². The molecule has 1 aromatic rings. The van der Waals surface area contributed by atoms with Crippen LogP contribution in [0.4, 0.5) is 10.5 Å². The lowest BCUT2D eigenvalue weighted by atomic mass is 10.1. The van der Waals surface area contributed by atoms with Crippen molar-refractivity contribution in [1.29, 1.82) is 0 Å². The van der Waals surface area contributed by atoms with E-state index >= 15 is 0 Å². The number of rotatable bonds is 3. The van der Waals surface area contributed by atoms with Crippen LogP contribution in [0.15, 0.2) is 24.3 Å². The average Bonchev–Trinajstić information content (AvgIpc) is 2.13. The fourth-order valence-electron chi connectivity index (χ4n) is 1.44. The second kappa shape index (κ2) is 5.53. The average molecular weight is 250 g/mol. The fourth-order valence-corrected chi connectivity index (χ4v) is 1.44. The Morgan fingerprint density at radius 1 is 1.28 bits per heavy atom. The van der Waals surface area contributed by atoms with Crippen LogP contribution in [0.1, 0.15) is 26.3 Å². The maximum Gasteiger partial charge on any atom is 0.319 e. The van der Waals surface area contributed by atoms with E-state index in [1.807, 2.05) is 20.8 Å². The van der Waals surface area contributed by atoms with Crippen molar-refractivity contribution < 1.29 is 14.7 Å². The molecule has 0 heterocycles. The van der Waals surface area contributed by atoms with Crippen molar-refractivity contribution in [2.45, 2.75) is 32.7 Å². The third kappa shape index (κ3) is 5.34. The van der Waals surface area contributed by atoms with Gasteiger partial charge in [-0.25, -0.2) is 4.79 Å². The summed E-state index contributed by atoms with van der Waals surface area (Å²) in [5.74, 6) is -0.897. The second-order valence-electron chi connectivity index (χ2n) is 5.10. The van der Waals surface area contributed by atoms with Gasteiger partial charge in [-0.05, 0) is 38.5 Å². The molecule has 0 unspecified atom stereocenters. The normalized spacial score (nSPS) is 10.8. The van der Waals surface area contributed by atoms with Crippen LogP contribution in [-0.2, 0) is 11.2 Å². The molecule has 1 rings (SSSR count). The molecule has 0 aliphatic carbocycles. The van der Waals surface area contributed by atoms with Crippen molar-refractivity contribution >= 4 is 17.7 Å². The lowest BCUT2D eigenvalue weighted by molar-refractivity contribution is -0.136. The van der Waals surface area contributed by atoms with Crippen LogP contribution in [0.5, 0.6) is 0 Å². The fraction of sp³-hybridized carbons (Fsp3) is 0.385. The van der Waals surface area contributed by atoms with Gasteiger partial charge in [0.15, 0.2) is 0 Å². The highest BCUT2D eigenvalue weighted by molar-refractivity contribution is 5.89. The number of amides is 2. The summed E-state index contributed by atoms with van der Waals surface area (Å²) in [4.78, 5) is 22.2. The maximum atomic E-state index is 11.6. The molecule has 0 aromatic heterocycles. The number of carbonyl (C=O) groups excluding carboxylic acids is 1. The zero-order valence-electron chi connectivity index (χ0n) is 10.8. The molecule has 98 valence electrons. The summed E-state index contributed by atoms with van der Waals surface area (Å²) in [6.45, 7) is 5.65. The van der Waals surface area contributed by atoms with Crippen molar-refractivity contribution in [3.8, 4) is 0 Å². The van der Waals surface area contributed by atoms with E-state index in [0.29, 0.717) is 11.3 Å². The van der Waals surface area contributed by atoms with Crippen molar-refractivity contribution in [3.63, 3.8) is 0 Å². The van der Waals surface area contributed by atoms with Gasteiger partial charge >= 0.3 is 12.0 Å². The summed E-state index contributed by atoms with van der Waals surface area (Å²) in [7, 11) is 0. The van der Waals surface area contributed by atoms with Gasteiger partial charge in [0, 0.05) is 11.2 Å². The van der Waals surface area contributed by atoms with Crippen LogP contribution < -0.4 is 10.6 Å². The standard InChI is InChI=1S/C13H18N2O3/c1-13(2,3)15-12(18)14-10-6-4-5-9(7-10)8-11(16)17/h4-7H,8H2,1-3H3,(H,16,17)(H2,14,15,18). The first-order chi connectivity index (χ1) is 8.26. The highest BCUT2D eigenvalue weighted by Gasteiger charge is 2.13. The molecule has 18 heavy (non-hydrogen) atoms. The molecule has 0 aliphatic heterocycles. The van der Waals surface area contributed by atoms with Crippen LogP contribution in [0.2, 0.25) is 0 Å². The Morgan fingerprint density at radius 3 is 2.50 bits per heavy atom. The van der Waals surface area contributed by atoms with Gasteiger partial charge in [-0.15, -0.1) is 0 Å². The Morgan fingerprint density at radius 2 is 1.94 bits per heavy atom. The minimum absolute atomic E-state index is 0.0591. The molecule has 0 saturated carbocycles. The molecule has 0 bridgehead atoms. The third-order valence-corrected chi connectivity index (χ3v) is 2.03. The molecular formula is C13H18N2O3. The number of aliphatic carboxylic acids is 1. The molecule has 3 N–H and O–H groups in total. The van der Waals surface area contributed by atoms with Crippen LogP contribution in [0.25, 0.3) is 0 Å². The number of hydrogen-bond acceptors (Lipinski definition) is 2. The molecular weight excluding hydrogens is 232 g/mol. The second-order valence-corrected chi connectivity index (χ2v) is 5.10. The molecule has 0 saturated heterocycles. The molecule has 1 aromatic carbocycles. The molecule has 0 atom stereocenters. The zero-order chi connectivity index (χ0) is 13.8. The van der Waals surface area contributed by atoms with E-state index in [4.69, 9.17) is 5.11 Å². The molecule has 0 radical (unpaired) electrons. The van der Waals surface area contributed by atoms with E-state index in [-0.39, 0.29) is 18.0 Å². The lowest BCUT2D eigenvalue weighted by Gasteiger charge is -2.20. The monoisotopic (exact) mass is 250 g/mol. The third-order valence-electron chi connectivity index (χ3n) is 2.03. The van der Waals surface area contributed by atoms with Gasteiger partial charge in [0.1, 0.15) is 0 Å². The van der Waals surface area contributed by atoms with Gasteiger partial charge in [0.05, 0.1) is 6.42 Å². The number of urea groups is 1. The molecule has 5 nitrogen and oxygen atoms in total. The van der Waals surface area contributed by atoms with E-state index in [1.165, 1.54) is 0 Å². The first-order valence-corrected chi connectivity index (χ1v) is 5.66. The smallest absolute Gasteiger partial charge is 0.319 e. The highest BCUT2D eigenvalue weighted by atomic mass is 16.4. The van der Waals surface area contributed by atoms with Gasteiger partial charge in [-0.2, -0.15) is 0 Å². The summed E-state index contributed by atoms with van der Waals surface area (Å²) in [5, 5.41) is 14.1. The Labute approximate surface area is 106 Å². The summed E-state index contributed by atoms with van der Waals surface area (Å²) < 4.78 is 0. The topological polar surface area (TPSA) is 78.4 Å². The lowest BCUT2D eigenvalue weighted by Crippen LogP contribution is -2.43. The van der Waals surface area contributed by atoms with Crippen molar-refractivity contribution in [2.24, 2.45) is 0 Å². The summed E-state index contributed by atoms with van der Waals surface area (Å²) >= 11 is 0. The van der Waals surface area contributed by atoms with Crippen LogP contribution in [-0.4, -0.2) is 22.6 Å². The number of anilines is 1. The summed E-state index contributed by atoms with van der Waals surface area (Å²) in [6.07, 6.45) is -0.0591. The molecule has 2 amide bonds. The van der Waals surface area contributed by atoms with Crippen molar-refractivity contribution in [3.05, 3.63) is 29.8 Å². The quantitative estimate of drug-likeness (QED) is 0.769.